The molecule has 4 saturated carbocycles. The molecule has 33 heavy (non-hydrogen) atoms. The fraction of sp³-hybridized carbons (Fsp3) is 0.542. The molecule has 0 radical (unpaired) electrons. The molecule has 2 atom stereocenters. The first kappa shape index (κ1) is 22.1. The Morgan fingerprint density at radius 2 is 1.91 bits per heavy atom. The number of hydrogen-bond acceptors (Lipinski definition) is 6. The van der Waals surface area contributed by atoms with E-state index in [2.05, 4.69) is 10.4 Å². The molecule has 4 fully saturated rings. The van der Waals surface area contributed by atoms with Crippen molar-refractivity contribution in [2.45, 2.75) is 50.5 Å². The van der Waals surface area contributed by atoms with Crippen molar-refractivity contribution in [3.05, 3.63) is 39.8 Å². The van der Waals surface area contributed by atoms with E-state index in [0.29, 0.717) is 41.1 Å². The molecular formula is C24H28ClN3O5. The minimum Gasteiger partial charge on any atom is -0.493 e. The van der Waals surface area contributed by atoms with E-state index < -0.39 is 11.5 Å². The standard InChI is InChI=1S/C24H28ClN3O5/c1-32-18-4-3-16(6-19(18)33-2)27-17-12-26-28(22(31)21(17)25)24-9-14-5-15(10-24)8-23(7-14,13-24)11-20(29)30/h3-4,6,12,14-15,27H,5,7-11,13H2,1-2H3,(H,29,30). The maximum Gasteiger partial charge on any atom is 0.303 e. The van der Waals surface area contributed by atoms with Gasteiger partial charge in [-0.1, -0.05) is 11.6 Å². The van der Waals surface area contributed by atoms with Gasteiger partial charge in [0.1, 0.15) is 5.02 Å². The van der Waals surface area contributed by atoms with Crippen molar-refractivity contribution >= 4 is 28.9 Å². The highest BCUT2D eigenvalue weighted by molar-refractivity contribution is 6.33. The lowest BCUT2D eigenvalue weighted by atomic mass is 9.46. The van der Waals surface area contributed by atoms with Gasteiger partial charge in [-0.15, -0.1) is 0 Å². The number of nitrogens with one attached hydrogen (secondary N) is 1. The van der Waals surface area contributed by atoms with E-state index in [-0.39, 0.29) is 22.4 Å². The van der Waals surface area contributed by atoms with Crippen LogP contribution in [0.15, 0.2) is 29.2 Å². The van der Waals surface area contributed by atoms with Gasteiger partial charge in [-0.05, 0) is 67.9 Å². The summed E-state index contributed by atoms with van der Waals surface area (Å²) in [5, 5.41) is 17.3. The third-order valence-electron chi connectivity index (χ3n) is 7.71. The van der Waals surface area contributed by atoms with Crippen LogP contribution in [0.3, 0.4) is 0 Å². The predicted octanol–water partition coefficient (Wildman–Crippen LogP) is 4.43. The second kappa shape index (κ2) is 7.94. The van der Waals surface area contributed by atoms with E-state index in [4.69, 9.17) is 21.1 Å². The lowest BCUT2D eigenvalue weighted by Crippen LogP contribution is -2.59. The summed E-state index contributed by atoms with van der Waals surface area (Å²) in [6.07, 6.45) is 7.10. The molecule has 176 valence electrons. The number of halogens is 1. The van der Waals surface area contributed by atoms with Crippen LogP contribution >= 0.6 is 11.6 Å². The third-order valence-corrected chi connectivity index (χ3v) is 8.07. The van der Waals surface area contributed by atoms with Crippen LogP contribution in [0.4, 0.5) is 11.4 Å². The van der Waals surface area contributed by atoms with Crippen molar-refractivity contribution < 1.29 is 19.4 Å². The van der Waals surface area contributed by atoms with Crippen molar-refractivity contribution in [3.8, 4) is 11.5 Å². The molecule has 4 aliphatic carbocycles. The molecule has 1 aromatic carbocycles. The molecule has 0 saturated heterocycles. The van der Waals surface area contributed by atoms with Gasteiger partial charge in [0.15, 0.2) is 11.5 Å². The fourth-order valence-corrected chi connectivity index (χ4v) is 7.28. The molecule has 2 unspecified atom stereocenters. The first-order chi connectivity index (χ1) is 15.8. The highest BCUT2D eigenvalue weighted by Crippen LogP contribution is 2.65. The zero-order valence-corrected chi connectivity index (χ0v) is 19.5. The quantitative estimate of drug-likeness (QED) is 0.613. The van der Waals surface area contributed by atoms with Gasteiger partial charge in [0, 0.05) is 11.8 Å². The van der Waals surface area contributed by atoms with Crippen LogP contribution in [0.1, 0.15) is 44.9 Å². The monoisotopic (exact) mass is 473 g/mol. The van der Waals surface area contributed by atoms with Crippen molar-refractivity contribution in [1.82, 2.24) is 9.78 Å². The summed E-state index contributed by atoms with van der Waals surface area (Å²) in [5.41, 5.74) is 0.0516. The van der Waals surface area contributed by atoms with E-state index in [1.165, 1.54) is 0 Å². The summed E-state index contributed by atoms with van der Waals surface area (Å²) < 4.78 is 12.2. The number of aliphatic carboxylic acids is 1. The molecule has 4 aliphatic rings. The average molecular weight is 474 g/mol. The van der Waals surface area contributed by atoms with Gasteiger partial charge in [-0.25, -0.2) is 4.68 Å². The second-order valence-electron chi connectivity index (χ2n) is 10.0. The van der Waals surface area contributed by atoms with Crippen molar-refractivity contribution in [3.63, 3.8) is 0 Å². The third kappa shape index (κ3) is 3.74. The smallest absolute Gasteiger partial charge is 0.303 e. The van der Waals surface area contributed by atoms with E-state index >= 15 is 0 Å². The Balaban J connectivity index is 1.47. The molecule has 1 aromatic heterocycles. The van der Waals surface area contributed by atoms with Crippen molar-refractivity contribution in [2.75, 3.05) is 19.5 Å². The average Bonchev–Trinajstić information content (AvgIpc) is 2.75. The maximum absolute atomic E-state index is 13.4. The van der Waals surface area contributed by atoms with Gasteiger partial charge in [-0.3, -0.25) is 9.59 Å². The first-order valence-corrected chi connectivity index (χ1v) is 11.6. The van der Waals surface area contributed by atoms with Gasteiger partial charge in [0.2, 0.25) is 0 Å². The summed E-state index contributed by atoms with van der Waals surface area (Å²) >= 11 is 6.55. The van der Waals surface area contributed by atoms with Crippen molar-refractivity contribution in [1.29, 1.82) is 0 Å². The number of rotatable bonds is 7. The number of carboxylic acid groups (broad SMARTS) is 1. The minimum atomic E-state index is -0.764. The van der Waals surface area contributed by atoms with Crippen molar-refractivity contribution in [2.24, 2.45) is 17.3 Å². The Bertz CT molecular complexity index is 1150. The first-order valence-electron chi connectivity index (χ1n) is 11.3. The summed E-state index contributed by atoms with van der Waals surface area (Å²) in [6.45, 7) is 0. The van der Waals surface area contributed by atoms with E-state index in [1.807, 2.05) is 0 Å². The molecule has 9 heteroatoms. The van der Waals surface area contributed by atoms with Gasteiger partial charge in [0.05, 0.1) is 38.1 Å². The Labute approximate surface area is 196 Å². The number of nitrogens with zero attached hydrogens (tertiary/aromatic N) is 2. The number of anilines is 2. The Kier molecular flexibility index (Phi) is 5.31. The van der Waals surface area contributed by atoms with Crippen LogP contribution in [-0.4, -0.2) is 35.1 Å². The molecule has 1 heterocycles. The number of methoxy groups -OCH3 is 2. The Morgan fingerprint density at radius 3 is 2.55 bits per heavy atom. The Morgan fingerprint density at radius 1 is 1.21 bits per heavy atom. The van der Waals surface area contributed by atoms with Crippen LogP contribution in [-0.2, 0) is 10.3 Å². The van der Waals surface area contributed by atoms with Crippen LogP contribution in [0.5, 0.6) is 11.5 Å². The van der Waals surface area contributed by atoms with Gasteiger partial charge < -0.3 is 19.9 Å². The van der Waals surface area contributed by atoms with E-state index in [0.717, 1.165) is 32.1 Å². The highest BCUT2D eigenvalue weighted by Gasteiger charge is 2.59. The normalized spacial score (nSPS) is 29.7. The van der Waals surface area contributed by atoms with E-state index in [1.54, 1.807) is 43.3 Å². The van der Waals surface area contributed by atoms with Crippen LogP contribution in [0, 0.1) is 17.3 Å². The molecule has 6 rings (SSSR count). The number of aromatic nitrogens is 2. The number of ether oxygens (including phenoxy) is 2. The highest BCUT2D eigenvalue weighted by atomic mass is 35.5. The molecule has 2 aromatic rings. The lowest BCUT2D eigenvalue weighted by Gasteiger charge is -2.61. The minimum absolute atomic E-state index is 0.0721. The topological polar surface area (TPSA) is 103 Å². The zero-order chi connectivity index (χ0) is 23.4. The van der Waals surface area contributed by atoms with Gasteiger partial charge in [0.25, 0.3) is 5.56 Å². The molecule has 8 nitrogen and oxygen atoms in total. The Hall–Kier alpha value is -2.74. The summed E-state index contributed by atoms with van der Waals surface area (Å²) in [7, 11) is 3.12. The predicted molar refractivity (Wildman–Crippen MR) is 124 cm³/mol. The maximum atomic E-state index is 13.4. The fourth-order valence-electron chi connectivity index (χ4n) is 7.10. The number of carbonyl (C=O) groups is 1. The van der Waals surface area contributed by atoms with Crippen LogP contribution in [0.25, 0.3) is 0 Å². The van der Waals surface area contributed by atoms with Gasteiger partial charge in [-0.2, -0.15) is 5.10 Å². The summed E-state index contributed by atoms with van der Waals surface area (Å²) in [5.74, 6) is 1.25. The SMILES string of the molecule is COc1ccc(Nc2cnn(C34CC5CC(CC(CC(=O)O)(C5)C3)C4)c(=O)c2Cl)cc1OC. The molecule has 0 spiro atoms. The lowest BCUT2D eigenvalue weighted by molar-refractivity contribution is -0.151. The largest absolute Gasteiger partial charge is 0.493 e. The molecular weight excluding hydrogens is 446 g/mol. The van der Waals surface area contributed by atoms with Crippen LogP contribution < -0.4 is 20.3 Å². The van der Waals surface area contributed by atoms with Crippen LogP contribution in [0.2, 0.25) is 5.02 Å². The summed E-state index contributed by atoms with van der Waals surface area (Å²) in [4.78, 5) is 25.0. The molecule has 4 bridgehead atoms. The molecule has 0 amide bonds. The number of benzene rings is 1. The summed E-state index contributed by atoms with van der Waals surface area (Å²) in [6, 6.07) is 5.33. The number of hydrogen-bond donors (Lipinski definition) is 2. The molecule has 0 aliphatic heterocycles. The van der Waals surface area contributed by atoms with E-state index in [9.17, 15) is 14.7 Å². The second-order valence-corrected chi connectivity index (χ2v) is 10.4. The molecule has 2 N–H and O–H groups in total. The number of carboxylic acids is 1. The zero-order valence-electron chi connectivity index (χ0n) is 18.8. The van der Waals surface area contributed by atoms with Gasteiger partial charge >= 0.3 is 5.97 Å².